The van der Waals surface area contributed by atoms with Crippen molar-refractivity contribution >= 4 is 5.97 Å². The maximum absolute atomic E-state index is 10.4. The Bertz CT molecular complexity index is 185. The van der Waals surface area contributed by atoms with Crippen LogP contribution in [0.3, 0.4) is 0 Å². The standard InChI is InChI=1S/C12H25NO3/c1-2-3-4-5-6-7-10(14)8-9-11(13)12(15)16/h10-11,14H,2-9,13H2,1H3,(H,15,16)/t10?,11-/m0/s1. The Hall–Kier alpha value is -0.610. The monoisotopic (exact) mass is 231 g/mol. The number of unbranched alkanes of at least 4 members (excludes halogenated alkanes) is 4. The molecule has 16 heavy (non-hydrogen) atoms. The van der Waals surface area contributed by atoms with Crippen LogP contribution in [-0.4, -0.2) is 28.3 Å². The summed E-state index contributed by atoms with van der Waals surface area (Å²) in [7, 11) is 0. The number of hydrogen-bond donors (Lipinski definition) is 3. The van der Waals surface area contributed by atoms with Crippen molar-refractivity contribution in [2.24, 2.45) is 5.73 Å². The summed E-state index contributed by atoms with van der Waals surface area (Å²) in [4.78, 5) is 10.4. The molecule has 4 N–H and O–H groups in total. The average molecular weight is 231 g/mol. The van der Waals surface area contributed by atoms with Crippen molar-refractivity contribution < 1.29 is 15.0 Å². The van der Waals surface area contributed by atoms with E-state index in [1.54, 1.807) is 0 Å². The Morgan fingerprint density at radius 3 is 2.31 bits per heavy atom. The topological polar surface area (TPSA) is 83.5 Å². The van der Waals surface area contributed by atoms with E-state index in [9.17, 15) is 9.90 Å². The third-order valence-corrected chi connectivity index (χ3v) is 2.77. The number of carbonyl (C=O) groups is 1. The number of aliphatic hydroxyl groups is 1. The minimum Gasteiger partial charge on any atom is -0.480 e. The van der Waals surface area contributed by atoms with E-state index < -0.39 is 18.1 Å². The molecule has 4 heteroatoms. The maximum atomic E-state index is 10.4. The van der Waals surface area contributed by atoms with E-state index in [-0.39, 0.29) is 0 Å². The van der Waals surface area contributed by atoms with Crippen molar-refractivity contribution in [3.63, 3.8) is 0 Å². The molecule has 0 bridgehead atoms. The van der Waals surface area contributed by atoms with E-state index in [1.165, 1.54) is 19.3 Å². The van der Waals surface area contributed by atoms with Crippen molar-refractivity contribution in [2.45, 2.75) is 70.4 Å². The number of hydrogen-bond acceptors (Lipinski definition) is 3. The van der Waals surface area contributed by atoms with Crippen LogP contribution in [0.25, 0.3) is 0 Å². The molecule has 0 rings (SSSR count). The van der Waals surface area contributed by atoms with E-state index in [0.717, 1.165) is 19.3 Å². The molecule has 0 aromatic rings. The van der Waals surface area contributed by atoms with Crippen LogP contribution in [0, 0.1) is 0 Å². The summed E-state index contributed by atoms with van der Waals surface area (Å²) in [5.74, 6) is -0.991. The van der Waals surface area contributed by atoms with Gasteiger partial charge in [0.2, 0.25) is 0 Å². The van der Waals surface area contributed by atoms with Crippen LogP contribution in [0.1, 0.15) is 58.3 Å². The SMILES string of the molecule is CCCCCCCC(O)CC[C@H](N)C(=O)O. The van der Waals surface area contributed by atoms with Gasteiger partial charge in [-0.2, -0.15) is 0 Å². The highest BCUT2D eigenvalue weighted by Gasteiger charge is 2.13. The minimum atomic E-state index is -0.991. The van der Waals surface area contributed by atoms with Gasteiger partial charge in [-0.1, -0.05) is 39.0 Å². The Balaban J connectivity index is 3.37. The lowest BCUT2D eigenvalue weighted by molar-refractivity contribution is -0.138. The molecular weight excluding hydrogens is 206 g/mol. The highest BCUT2D eigenvalue weighted by atomic mass is 16.4. The number of nitrogens with two attached hydrogens (primary N) is 1. The first-order valence-electron chi connectivity index (χ1n) is 6.24. The van der Waals surface area contributed by atoms with Gasteiger partial charge < -0.3 is 15.9 Å². The van der Waals surface area contributed by atoms with E-state index in [1.807, 2.05) is 0 Å². The van der Waals surface area contributed by atoms with Crippen LogP contribution in [0.2, 0.25) is 0 Å². The molecule has 96 valence electrons. The third kappa shape index (κ3) is 8.68. The van der Waals surface area contributed by atoms with E-state index >= 15 is 0 Å². The fraction of sp³-hybridized carbons (Fsp3) is 0.917. The first-order valence-corrected chi connectivity index (χ1v) is 6.24. The van der Waals surface area contributed by atoms with E-state index in [2.05, 4.69) is 6.92 Å². The van der Waals surface area contributed by atoms with Crippen molar-refractivity contribution in [3.05, 3.63) is 0 Å². The molecule has 0 spiro atoms. The molecule has 0 saturated heterocycles. The van der Waals surface area contributed by atoms with Crippen molar-refractivity contribution in [3.8, 4) is 0 Å². The molecule has 0 aliphatic rings. The van der Waals surface area contributed by atoms with Gasteiger partial charge in [0.1, 0.15) is 6.04 Å². The number of carboxylic acid groups (broad SMARTS) is 1. The molecule has 0 aromatic heterocycles. The van der Waals surface area contributed by atoms with Gasteiger partial charge in [0, 0.05) is 0 Å². The predicted octanol–water partition coefficient (Wildman–Crippen LogP) is 1.90. The van der Waals surface area contributed by atoms with Crippen molar-refractivity contribution in [2.75, 3.05) is 0 Å². The fourth-order valence-corrected chi connectivity index (χ4v) is 1.62. The largest absolute Gasteiger partial charge is 0.480 e. The second-order valence-corrected chi connectivity index (χ2v) is 4.38. The van der Waals surface area contributed by atoms with Gasteiger partial charge in [0.25, 0.3) is 0 Å². The predicted molar refractivity (Wildman–Crippen MR) is 64.2 cm³/mol. The van der Waals surface area contributed by atoms with E-state index in [4.69, 9.17) is 10.8 Å². The van der Waals surface area contributed by atoms with Crippen LogP contribution in [-0.2, 0) is 4.79 Å². The third-order valence-electron chi connectivity index (χ3n) is 2.77. The van der Waals surface area contributed by atoms with Crippen molar-refractivity contribution in [1.82, 2.24) is 0 Å². The molecule has 0 heterocycles. The van der Waals surface area contributed by atoms with Crippen LogP contribution < -0.4 is 5.73 Å². The summed E-state index contributed by atoms with van der Waals surface area (Å²) in [5, 5.41) is 18.1. The summed E-state index contributed by atoms with van der Waals surface area (Å²) in [6, 6.07) is -0.838. The molecule has 4 nitrogen and oxygen atoms in total. The molecule has 0 aromatic carbocycles. The summed E-state index contributed by atoms with van der Waals surface area (Å²) >= 11 is 0. The quantitative estimate of drug-likeness (QED) is 0.501. The molecule has 0 aliphatic heterocycles. The van der Waals surface area contributed by atoms with Gasteiger partial charge in [-0.3, -0.25) is 4.79 Å². The number of aliphatic hydroxyl groups excluding tert-OH is 1. The average Bonchev–Trinajstić information content (AvgIpc) is 2.25. The van der Waals surface area contributed by atoms with Crippen LogP contribution in [0.4, 0.5) is 0 Å². The Labute approximate surface area is 97.8 Å². The molecule has 0 fully saturated rings. The van der Waals surface area contributed by atoms with Gasteiger partial charge in [-0.05, 0) is 19.3 Å². The number of carboxylic acids is 1. The summed E-state index contributed by atoms with van der Waals surface area (Å²) < 4.78 is 0. The van der Waals surface area contributed by atoms with Crippen molar-refractivity contribution in [1.29, 1.82) is 0 Å². The number of aliphatic carboxylic acids is 1. The highest BCUT2D eigenvalue weighted by Crippen LogP contribution is 2.11. The normalized spacial score (nSPS) is 14.7. The summed E-state index contributed by atoms with van der Waals surface area (Å²) in [6.07, 6.45) is 7.06. The maximum Gasteiger partial charge on any atom is 0.320 e. The lowest BCUT2D eigenvalue weighted by Crippen LogP contribution is -2.31. The zero-order chi connectivity index (χ0) is 12.4. The lowest BCUT2D eigenvalue weighted by Gasteiger charge is -2.12. The Morgan fingerprint density at radius 1 is 1.12 bits per heavy atom. The van der Waals surface area contributed by atoms with Crippen LogP contribution >= 0.6 is 0 Å². The lowest BCUT2D eigenvalue weighted by atomic mass is 10.0. The molecule has 0 amide bonds. The van der Waals surface area contributed by atoms with E-state index in [0.29, 0.717) is 12.8 Å². The molecule has 1 unspecified atom stereocenters. The number of rotatable bonds is 10. The molecule has 0 radical (unpaired) electrons. The van der Waals surface area contributed by atoms with Crippen LogP contribution in [0.5, 0.6) is 0 Å². The summed E-state index contributed by atoms with van der Waals surface area (Å²) in [5.41, 5.74) is 5.35. The molecule has 2 atom stereocenters. The highest BCUT2D eigenvalue weighted by molar-refractivity contribution is 5.72. The molecular formula is C12H25NO3. The Morgan fingerprint density at radius 2 is 1.75 bits per heavy atom. The minimum absolute atomic E-state index is 0.353. The van der Waals surface area contributed by atoms with Gasteiger partial charge >= 0.3 is 5.97 Å². The van der Waals surface area contributed by atoms with Gasteiger partial charge in [0.15, 0.2) is 0 Å². The zero-order valence-corrected chi connectivity index (χ0v) is 10.2. The molecule has 0 saturated carbocycles. The Kier molecular flexibility index (Phi) is 9.24. The smallest absolute Gasteiger partial charge is 0.320 e. The molecule has 0 aliphatic carbocycles. The second-order valence-electron chi connectivity index (χ2n) is 4.38. The second kappa shape index (κ2) is 9.60. The van der Waals surface area contributed by atoms with Gasteiger partial charge in [-0.15, -0.1) is 0 Å². The first kappa shape index (κ1) is 15.4. The van der Waals surface area contributed by atoms with Crippen LogP contribution in [0.15, 0.2) is 0 Å². The van der Waals surface area contributed by atoms with Gasteiger partial charge in [0.05, 0.1) is 6.10 Å². The fourth-order valence-electron chi connectivity index (χ4n) is 1.62. The first-order chi connectivity index (χ1) is 7.57. The summed E-state index contributed by atoms with van der Waals surface area (Å²) in [6.45, 7) is 2.17. The van der Waals surface area contributed by atoms with Gasteiger partial charge in [-0.25, -0.2) is 0 Å². The zero-order valence-electron chi connectivity index (χ0n) is 10.2.